The maximum Gasteiger partial charge on any atom is 0.159 e. The molecule has 14 rings (SSSR count). The Hall–Kier alpha value is -8.75. The molecule has 1 aliphatic heterocycles. The molecular weight excluding hydrogens is 953 g/mol. The molecule has 5 heteroatoms. The fraction of sp³-hybridized carbons (Fsp3) is 0.0704. The van der Waals surface area contributed by atoms with Gasteiger partial charge in [-0.2, -0.15) is 0 Å². The summed E-state index contributed by atoms with van der Waals surface area (Å²) >= 11 is 0. The second kappa shape index (κ2) is 17.7. The third-order valence-corrected chi connectivity index (χ3v) is 21.8. The third-order valence-electron chi connectivity index (χ3n) is 16.2. The summed E-state index contributed by atoms with van der Waals surface area (Å²) in [6.07, 6.45) is 0. The van der Waals surface area contributed by atoms with Crippen molar-refractivity contribution in [3.05, 3.63) is 249 Å². The number of furan rings is 1. The summed E-state index contributed by atoms with van der Waals surface area (Å²) in [5.74, 6) is 0. The van der Waals surface area contributed by atoms with Crippen LogP contribution in [-0.4, -0.2) is 16.1 Å². The average molecular weight is 1010 g/mol. The fourth-order valence-electron chi connectivity index (χ4n) is 12.4. The lowest BCUT2D eigenvalue weighted by atomic mass is 9.87. The van der Waals surface area contributed by atoms with E-state index in [-0.39, 0.29) is 0 Å². The van der Waals surface area contributed by atoms with Gasteiger partial charge in [0.05, 0.1) is 19.4 Å². The van der Waals surface area contributed by atoms with Crippen molar-refractivity contribution in [3.8, 4) is 33.4 Å². The molecule has 0 atom stereocenters. The maximum atomic E-state index is 6.75. The molecule has 1 aromatic heterocycles. The molecule has 0 N–H and O–H groups in total. The molecule has 0 saturated heterocycles. The molecule has 1 aliphatic rings. The van der Waals surface area contributed by atoms with Gasteiger partial charge in [0.2, 0.25) is 0 Å². The molecule has 0 radical (unpaired) electrons. The first-order chi connectivity index (χ1) is 37.1. The smallest absolute Gasteiger partial charge is 0.159 e. The van der Waals surface area contributed by atoms with Gasteiger partial charge < -0.3 is 14.2 Å². The van der Waals surface area contributed by atoms with Crippen LogP contribution in [0, 0.1) is 0 Å². The van der Waals surface area contributed by atoms with E-state index < -0.39 is 16.1 Å². The van der Waals surface area contributed by atoms with E-state index in [0.29, 0.717) is 0 Å². The molecule has 0 spiro atoms. The lowest BCUT2D eigenvalue weighted by Crippen LogP contribution is -2.56. The number of hydrogen-bond donors (Lipinski definition) is 0. The van der Waals surface area contributed by atoms with E-state index >= 15 is 0 Å². The second-order valence-electron chi connectivity index (χ2n) is 22.1. The van der Waals surface area contributed by atoms with Crippen molar-refractivity contribution in [2.45, 2.75) is 32.7 Å². The topological polar surface area (TPSA) is 19.6 Å². The van der Waals surface area contributed by atoms with E-state index in [2.05, 4.69) is 285 Å². The molecule has 13 aromatic rings. The minimum Gasteiger partial charge on any atom is -0.454 e. The highest BCUT2D eigenvalue weighted by molar-refractivity contribution is 7.03. The van der Waals surface area contributed by atoms with E-state index in [1.165, 1.54) is 81.5 Å². The highest BCUT2D eigenvalue weighted by Gasteiger charge is 2.37. The van der Waals surface area contributed by atoms with E-state index in [1.807, 2.05) is 6.07 Å². The van der Waals surface area contributed by atoms with Gasteiger partial charge in [0.1, 0.15) is 13.7 Å². The summed E-state index contributed by atoms with van der Waals surface area (Å²) in [5.41, 5.74) is 15.8. The SMILES string of the molecule is C[Si](C)(C)c1ccc(N(c2ccccc2)c2ccc3c(c2)[Si](C)(C)c2cccc4c2c-3cc2c3ccccc3c(-c3ccc(N(c5ccccc5-c5ccccc5)c5cccc6c5oc5ccccc56)cc3)cc42)cc1. The fourth-order valence-corrected chi connectivity index (χ4v) is 16.6. The van der Waals surface area contributed by atoms with Gasteiger partial charge >= 0.3 is 0 Å². The lowest BCUT2D eigenvalue weighted by molar-refractivity contribution is 0.669. The third kappa shape index (κ3) is 7.37. The van der Waals surface area contributed by atoms with Gasteiger partial charge in [-0.1, -0.05) is 208 Å². The monoisotopic (exact) mass is 1010 g/mol. The highest BCUT2D eigenvalue weighted by Crippen LogP contribution is 2.48. The van der Waals surface area contributed by atoms with Crippen molar-refractivity contribution in [2.75, 3.05) is 9.80 Å². The van der Waals surface area contributed by atoms with E-state index in [0.717, 1.165) is 55.8 Å². The van der Waals surface area contributed by atoms with Gasteiger partial charge in [-0.3, -0.25) is 0 Å². The Bertz CT molecular complexity index is 4400. The largest absolute Gasteiger partial charge is 0.454 e. The summed E-state index contributed by atoms with van der Waals surface area (Å²) in [6, 6.07) is 92.1. The Labute approximate surface area is 446 Å². The van der Waals surface area contributed by atoms with Gasteiger partial charge in [0.15, 0.2) is 5.58 Å². The molecule has 0 unspecified atom stereocenters. The lowest BCUT2D eigenvalue weighted by Gasteiger charge is -2.36. The van der Waals surface area contributed by atoms with E-state index in [4.69, 9.17) is 4.42 Å². The van der Waals surface area contributed by atoms with Crippen molar-refractivity contribution in [1.29, 1.82) is 0 Å². The van der Waals surface area contributed by atoms with Crippen LogP contribution < -0.4 is 25.4 Å². The zero-order chi connectivity index (χ0) is 51.3. The molecule has 0 aliphatic carbocycles. The Kier molecular flexibility index (Phi) is 10.7. The van der Waals surface area contributed by atoms with Gasteiger partial charge in [-0.25, -0.2) is 0 Å². The van der Waals surface area contributed by atoms with Crippen molar-refractivity contribution in [1.82, 2.24) is 0 Å². The molecule has 2 heterocycles. The standard InChI is InChI=1S/C71H56N2OSi2/c1-75(2,3)53-41-38-50(39-42-53)72(49-22-10-7-11-23-49)52-40-43-58-64-46-62-56-26-13-12-25-55(56)61(45-63(62)59-28-19-33-68(70(59)64)76(4,5)69(58)44-52)48-34-36-51(37-35-48)73(65-30-16-14-24-54(65)47-20-8-6-9-21-47)66-31-18-29-60-57-27-15-17-32-67(57)74-71(60)66/h6-46H,1-5H3. The summed E-state index contributed by atoms with van der Waals surface area (Å²) in [4.78, 5) is 4.82. The summed E-state index contributed by atoms with van der Waals surface area (Å²) in [7, 11) is -3.72. The van der Waals surface area contributed by atoms with Gasteiger partial charge in [-0.05, 0) is 149 Å². The first kappa shape index (κ1) is 45.8. The first-order valence-corrected chi connectivity index (χ1v) is 33.1. The van der Waals surface area contributed by atoms with Crippen LogP contribution >= 0.6 is 0 Å². The van der Waals surface area contributed by atoms with E-state index in [1.54, 1.807) is 0 Å². The minimum atomic E-state index is -2.25. The van der Waals surface area contributed by atoms with Crippen LogP contribution in [0.25, 0.3) is 87.6 Å². The van der Waals surface area contributed by atoms with Crippen molar-refractivity contribution in [2.24, 2.45) is 0 Å². The molecule has 3 nitrogen and oxygen atoms in total. The molecule has 76 heavy (non-hydrogen) atoms. The molecule has 12 aromatic carbocycles. The Morgan fingerprint density at radius 2 is 0.895 bits per heavy atom. The first-order valence-electron chi connectivity index (χ1n) is 26.6. The Morgan fingerprint density at radius 1 is 0.342 bits per heavy atom. The maximum absolute atomic E-state index is 6.75. The highest BCUT2D eigenvalue weighted by atomic mass is 28.3. The van der Waals surface area contributed by atoms with Crippen molar-refractivity contribution >= 4 is 120 Å². The molecule has 0 fully saturated rings. The van der Waals surface area contributed by atoms with Gasteiger partial charge in [0, 0.05) is 39.1 Å². The molecule has 364 valence electrons. The Balaban J connectivity index is 0.920. The number of fused-ring (bicyclic) bond motifs is 9. The van der Waals surface area contributed by atoms with Crippen LogP contribution in [0.1, 0.15) is 0 Å². The van der Waals surface area contributed by atoms with Crippen LogP contribution in [0.5, 0.6) is 0 Å². The normalized spacial score (nSPS) is 12.9. The summed E-state index contributed by atoms with van der Waals surface area (Å²) in [5, 5.41) is 14.4. The van der Waals surface area contributed by atoms with Crippen molar-refractivity contribution < 1.29 is 4.42 Å². The molecule has 0 amide bonds. The molecule has 0 saturated carbocycles. The van der Waals surface area contributed by atoms with Crippen molar-refractivity contribution in [3.63, 3.8) is 0 Å². The van der Waals surface area contributed by atoms with Crippen LogP contribution in [-0.2, 0) is 0 Å². The zero-order valence-corrected chi connectivity index (χ0v) is 45.5. The second-order valence-corrected chi connectivity index (χ2v) is 31.5. The summed E-state index contributed by atoms with van der Waals surface area (Å²) in [6.45, 7) is 12.4. The number of nitrogens with zero attached hydrogens (tertiary/aromatic N) is 2. The zero-order valence-electron chi connectivity index (χ0n) is 43.5. The minimum absolute atomic E-state index is 0.862. The van der Waals surface area contributed by atoms with Crippen LogP contribution in [0.4, 0.5) is 34.1 Å². The quantitative estimate of drug-likeness (QED) is 0.106. The number of anilines is 6. The molecular formula is C71H56N2OSi2. The predicted molar refractivity (Wildman–Crippen MR) is 332 cm³/mol. The van der Waals surface area contributed by atoms with E-state index in [9.17, 15) is 0 Å². The van der Waals surface area contributed by atoms with Gasteiger partial charge in [0.25, 0.3) is 0 Å². The number of rotatable bonds is 9. The average Bonchev–Trinajstić information content (AvgIpc) is 3.89. The predicted octanol–water partition coefficient (Wildman–Crippen LogP) is 18.7. The number of benzene rings is 12. The van der Waals surface area contributed by atoms with Crippen LogP contribution in [0.15, 0.2) is 253 Å². The van der Waals surface area contributed by atoms with Gasteiger partial charge in [-0.15, -0.1) is 0 Å². The molecule has 0 bridgehead atoms. The summed E-state index contributed by atoms with van der Waals surface area (Å²) < 4.78 is 6.75. The number of para-hydroxylation sites is 4. The number of hydrogen-bond acceptors (Lipinski definition) is 3. The Morgan fingerprint density at radius 3 is 1.67 bits per heavy atom. The van der Waals surface area contributed by atoms with Crippen LogP contribution in [0.2, 0.25) is 32.7 Å². The van der Waals surface area contributed by atoms with Crippen LogP contribution in [0.3, 0.4) is 0 Å².